The second kappa shape index (κ2) is 7.20. The van der Waals surface area contributed by atoms with Gasteiger partial charge in [0.2, 0.25) is 10.0 Å². The largest absolute Gasteiger partial charge is 0.409 e. The summed E-state index contributed by atoms with van der Waals surface area (Å²) in [6.45, 7) is 1.87. The fraction of sp³-hybridized carbons (Fsp3) is 0.500. The maximum absolute atomic E-state index is 12.1. The molecule has 0 radical (unpaired) electrons. The molecule has 0 aliphatic heterocycles. The third kappa shape index (κ3) is 4.78. The van der Waals surface area contributed by atoms with Gasteiger partial charge in [-0.15, -0.1) is 0 Å². The number of oxime groups is 1. The van der Waals surface area contributed by atoms with Gasteiger partial charge in [0.05, 0.1) is 5.75 Å². The molecule has 0 fully saturated rings. The maximum atomic E-state index is 12.1. The predicted octanol–water partition coefficient (Wildman–Crippen LogP) is 0.268. The van der Waals surface area contributed by atoms with E-state index >= 15 is 0 Å². The van der Waals surface area contributed by atoms with Crippen LogP contribution in [-0.2, 0) is 16.4 Å². The van der Waals surface area contributed by atoms with Crippen LogP contribution in [0.4, 0.5) is 0 Å². The second-order valence-corrected chi connectivity index (χ2v) is 6.82. The first kappa shape index (κ1) is 16.4. The summed E-state index contributed by atoms with van der Waals surface area (Å²) in [5.41, 5.74) is 6.36. The molecule has 0 aromatic carbocycles. The van der Waals surface area contributed by atoms with Gasteiger partial charge in [0.1, 0.15) is 5.84 Å². The minimum atomic E-state index is -3.37. The average molecular weight is 300 g/mol. The third-order valence-corrected chi connectivity index (χ3v) is 4.84. The fourth-order valence-corrected chi connectivity index (χ4v) is 2.90. The van der Waals surface area contributed by atoms with E-state index in [1.54, 1.807) is 31.5 Å². The molecule has 7 nitrogen and oxygen atoms in total. The molecule has 1 heterocycles. The zero-order valence-electron chi connectivity index (χ0n) is 11.6. The van der Waals surface area contributed by atoms with Crippen LogP contribution in [0.3, 0.4) is 0 Å². The Hall–Kier alpha value is -1.67. The number of aromatic nitrogens is 1. The van der Waals surface area contributed by atoms with Crippen LogP contribution in [0.2, 0.25) is 0 Å². The fourth-order valence-electron chi connectivity index (χ4n) is 1.64. The number of sulfonamides is 1. The van der Waals surface area contributed by atoms with Crippen molar-refractivity contribution in [1.82, 2.24) is 9.29 Å². The second-order valence-electron chi connectivity index (χ2n) is 4.63. The van der Waals surface area contributed by atoms with Crippen molar-refractivity contribution in [3.8, 4) is 0 Å². The molecule has 1 atom stereocenters. The molecule has 112 valence electrons. The molecule has 3 N–H and O–H groups in total. The van der Waals surface area contributed by atoms with Crippen molar-refractivity contribution in [2.24, 2.45) is 16.8 Å². The molecule has 0 saturated heterocycles. The Morgan fingerprint density at radius 3 is 2.65 bits per heavy atom. The Morgan fingerprint density at radius 2 is 2.10 bits per heavy atom. The molecule has 0 aliphatic rings. The summed E-state index contributed by atoms with van der Waals surface area (Å²) in [5.74, 6) is -0.321. The Kier molecular flexibility index (Phi) is 5.90. The van der Waals surface area contributed by atoms with Crippen LogP contribution < -0.4 is 5.73 Å². The van der Waals surface area contributed by atoms with E-state index in [9.17, 15) is 8.42 Å². The number of hydrogen-bond acceptors (Lipinski definition) is 5. The summed E-state index contributed by atoms with van der Waals surface area (Å²) in [5, 5.41) is 11.4. The van der Waals surface area contributed by atoms with Gasteiger partial charge in [0.15, 0.2) is 0 Å². The molecule has 20 heavy (non-hydrogen) atoms. The van der Waals surface area contributed by atoms with Crippen molar-refractivity contribution in [3.05, 3.63) is 30.1 Å². The summed E-state index contributed by atoms with van der Waals surface area (Å²) in [6, 6.07) is 3.57. The molecule has 1 aromatic rings. The maximum Gasteiger partial charge on any atom is 0.214 e. The Bertz CT molecular complexity index is 545. The van der Waals surface area contributed by atoms with Crippen LogP contribution in [0.5, 0.6) is 0 Å². The highest BCUT2D eigenvalue weighted by molar-refractivity contribution is 7.89. The van der Waals surface area contributed by atoms with Crippen LogP contribution in [0, 0.1) is 5.92 Å². The van der Waals surface area contributed by atoms with Crippen LogP contribution in [-0.4, -0.2) is 48.1 Å². The van der Waals surface area contributed by atoms with Gasteiger partial charge in [0, 0.05) is 31.9 Å². The first-order valence-corrected chi connectivity index (χ1v) is 7.78. The van der Waals surface area contributed by atoms with Crippen molar-refractivity contribution in [3.63, 3.8) is 0 Å². The molecule has 0 spiro atoms. The van der Waals surface area contributed by atoms with Gasteiger partial charge < -0.3 is 10.9 Å². The van der Waals surface area contributed by atoms with E-state index in [1.165, 1.54) is 11.4 Å². The Morgan fingerprint density at radius 1 is 1.50 bits per heavy atom. The molecule has 0 aliphatic carbocycles. The van der Waals surface area contributed by atoms with Gasteiger partial charge in [-0.3, -0.25) is 4.98 Å². The summed E-state index contributed by atoms with van der Waals surface area (Å²) in [4.78, 5) is 3.88. The Balaban J connectivity index is 2.60. The molecule has 1 aromatic heterocycles. The predicted molar refractivity (Wildman–Crippen MR) is 76.9 cm³/mol. The summed E-state index contributed by atoms with van der Waals surface area (Å²) >= 11 is 0. The van der Waals surface area contributed by atoms with E-state index < -0.39 is 10.0 Å². The molecule has 1 unspecified atom stereocenters. The molecule has 0 saturated carbocycles. The third-order valence-electron chi connectivity index (χ3n) is 3.02. The lowest BCUT2D eigenvalue weighted by atomic mass is 10.2. The van der Waals surface area contributed by atoms with E-state index in [1.807, 2.05) is 0 Å². The minimum Gasteiger partial charge on any atom is -0.409 e. The van der Waals surface area contributed by atoms with E-state index in [0.717, 1.165) is 5.56 Å². The monoisotopic (exact) mass is 300 g/mol. The lowest BCUT2D eigenvalue weighted by Crippen LogP contribution is -2.37. The molecular weight excluding hydrogens is 280 g/mol. The van der Waals surface area contributed by atoms with E-state index in [2.05, 4.69) is 10.1 Å². The number of rotatable bonds is 7. The van der Waals surface area contributed by atoms with Crippen molar-refractivity contribution in [2.45, 2.75) is 13.3 Å². The zero-order chi connectivity index (χ0) is 15.2. The molecule has 8 heteroatoms. The van der Waals surface area contributed by atoms with E-state index in [0.29, 0.717) is 6.42 Å². The number of nitrogens with zero attached hydrogens (tertiary/aromatic N) is 3. The van der Waals surface area contributed by atoms with Crippen LogP contribution >= 0.6 is 0 Å². The Labute approximate surface area is 119 Å². The first-order valence-electron chi connectivity index (χ1n) is 6.17. The summed E-state index contributed by atoms with van der Waals surface area (Å²) in [7, 11) is -1.89. The van der Waals surface area contributed by atoms with Crippen LogP contribution in [0.25, 0.3) is 0 Å². The normalized spacial score (nSPS) is 14.4. The van der Waals surface area contributed by atoms with Gasteiger partial charge >= 0.3 is 0 Å². The number of amidine groups is 1. The van der Waals surface area contributed by atoms with E-state index in [-0.39, 0.29) is 24.1 Å². The SMILES string of the molecule is CC(CN(C)S(=O)(=O)CCc1ccncc1)C(N)=NO. The number of pyridine rings is 1. The van der Waals surface area contributed by atoms with Crippen molar-refractivity contribution in [1.29, 1.82) is 0 Å². The highest BCUT2D eigenvalue weighted by atomic mass is 32.2. The van der Waals surface area contributed by atoms with Gasteiger partial charge in [-0.25, -0.2) is 12.7 Å². The van der Waals surface area contributed by atoms with Crippen LogP contribution in [0.1, 0.15) is 12.5 Å². The van der Waals surface area contributed by atoms with Gasteiger partial charge in [0.25, 0.3) is 0 Å². The first-order chi connectivity index (χ1) is 9.36. The highest BCUT2D eigenvalue weighted by Gasteiger charge is 2.21. The molecule has 0 bridgehead atoms. The molecule has 1 rings (SSSR count). The molecular formula is C12H20N4O3S. The standard InChI is InChI=1S/C12H20N4O3S/c1-10(12(13)15-17)9-16(2)20(18,19)8-5-11-3-6-14-7-4-11/h3-4,6-7,10,17H,5,8-9H2,1-2H3,(H2,13,15). The van der Waals surface area contributed by atoms with Gasteiger partial charge in [-0.2, -0.15) is 0 Å². The zero-order valence-corrected chi connectivity index (χ0v) is 12.4. The van der Waals surface area contributed by atoms with Gasteiger partial charge in [-0.05, 0) is 24.1 Å². The topological polar surface area (TPSA) is 109 Å². The summed E-state index contributed by atoms with van der Waals surface area (Å²) in [6.07, 6.45) is 3.69. The number of aryl methyl sites for hydroxylation is 1. The lowest BCUT2D eigenvalue weighted by molar-refractivity contribution is 0.312. The van der Waals surface area contributed by atoms with Crippen molar-refractivity contribution < 1.29 is 13.6 Å². The van der Waals surface area contributed by atoms with Crippen molar-refractivity contribution >= 4 is 15.9 Å². The molecule has 0 amide bonds. The van der Waals surface area contributed by atoms with Gasteiger partial charge in [-0.1, -0.05) is 12.1 Å². The van der Waals surface area contributed by atoms with E-state index in [4.69, 9.17) is 10.9 Å². The minimum absolute atomic E-state index is 0.0103. The van der Waals surface area contributed by atoms with Crippen molar-refractivity contribution in [2.75, 3.05) is 19.3 Å². The summed E-state index contributed by atoms with van der Waals surface area (Å²) < 4.78 is 25.5. The van der Waals surface area contributed by atoms with Crippen LogP contribution in [0.15, 0.2) is 29.7 Å². The average Bonchev–Trinajstić information content (AvgIpc) is 2.45. The number of nitrogens with two attached hydrogens (primary N) is 1. The highest BCUT2D eigenvalue weighted by Crippen LogP contribution is 2.07. The quantitative estimate of drug-likeness (QED) is 0.325. The lowest BCUT2D eigenvalue weighted by Gasteiger charge is -2.20. The smallest absolute Gasteiger partial charge is 0.214 e. The number of hydrogen-bond donors (Lipinski definition) is 2.